The van der Waals surface area contributed by atoms with Crippen LogP contribution in [-0.2, 0) is 4.79 Å². The van der Waals surface area contributed by atoms with Gasteiger partial charge in [0.05, 0.1) is 11.4 Å². The lowest BCUT2D eigenvalue weighted by Gasteiger charge is -2.35. The van der Waals surface area contributed by atoms with E-state index in [1.807, 2.05) is 23.1 Å². The smallest absolute Gasteiger partial charge is 0.219 e. The quantitative estimate of drug-likeness (QED) is 0.695. The Balaban J connectivity index is 2.05. The largest absolute Gasteiger partial charge is 0.397 e. The van der Waals surface area contributed by atoms with Crippen LogP contribution in [-0.4, -0.2) is 37.0 Å². The van der Waals surface area contributed by atoms with Crippen LogP contribution in [0, 0.1) is 0 Å². The molecule has 1 heterocycles. The highest BCUT2D eigenvalue weighted by molar-refractivity contribution is 5.74. The molecule has 4 N–H and O–H groups in total. The average Bonchev–Trinajstić information content (AvgIpc) is 2.33. The summed E-state index contributed by atoms with van der Waals surface area (Å²) in [4.78, 5) is 15.3. The third-order valence-corrected chi connectivity index (χ3v) is 3.16. The van der Waals surface area contributed by atoms with Crippen LogP contribution in [0.1, 0.15) is 6.92 Å². The number of nitrogen functional groups attached to an aromatic ring is 2. The minimum atomic E-state index is 0.140. The third kappa shape index (κ3) is 2.43. The van der Waals surface area contributed by atoms with Crippen molar-refractivity contribution in [2.75, 3.05) is 42.5 Å². The van der Waals surface area contributed by atoms with Crippen molar-refractivity contribution in [1.29, 1.82) is 0 Å². The Kier molecular flexibility index (Phi) is 3.08. The molecule has 1 amide bonds. The molecule has 92 valence electrons. The molecule has 0 radical (unpaired) electrons. The number of hydrogen-bond acceptors (Lipinski definition) is 4. The van der Waals surface area contributed by atoms with E-state index in [1.54, 1.807) is 6.92 Å². The van der Waals surface area contributed by atoms with E-state index in [0.717, 1.165) is 31.9 Å². The van der Waals surface area contributed by atoms with E-state index in [4.69, 9.17) is 11.5 Å². The number of nitrogens with two attached hydrogens (primary N) is 2. The summed E-state index contributed by atoms with van der Waals surface area (Å²) in [6.45, 7) is 4.81. The number of nitrogens with zero attached hydrogens (tertiary/aromatic N) is 2. The number of rotatable bonds is 1. The highest BCUT2D eigenvalue weighted by Crippen LogP contribution is 2.23. The van der Waals surface area contributed by atoms with Gasteiger partial charge in [0.2, 0.25) is 5.91 Å². The van der Waals surface area contributed by atoms with Gasteiger partial charge in [-0.3, -0.25) is 4.79 Å². The van der Waals surface area contributed by atoms with E-state index in [2.05, 4.69) is 4.90 Å². The van der Waals surface area contributed by atoms with Crippen LogP contribution in [0.4, 0.5) is 17.1 Å². The van der Waals surface area contributed by atoms with Gasteiger partial charge in [0.15, 0.2) is 0 Å². The van der Waals surface area contributed by atoms with Crippen molar-refractivity contribution in [1.82, 2.24) is 4.90 Å². The predicted molar refractivity (Wildman–Crippen MR) is 69.7 cm³/mol. The van der Waals surface area contributed by atoms with Crippen LogP contribution in [0.3, 0.4) is 0 Å². The first-order chi connectivity index (χ1) is 8.08. The number of carbonyl (C=O) groups is 1. The standard InChI is InChI=1S/C12H18N4O/c1-9(17)15-4-6-16(7-5-15)10-2-3-11(13)12(14)8-10/h2-3,8H,4-7,13-14H2,1H3. The van der Waals surface area contributed by atoms with E-state index >= 15 is 0 Å². The van der Waals surface area contributed by atoms with Gasteiger partial charge in [0, 0.05) is 38.8 Å². The number of amides is 1. The number of piperazine rings is 1. The van der Waals surface area contributed by atoms with E-state index in [-0.39, 0.29) is 5.91 Å². The maximum absolute atomic E-state index is 11.2. The molecule has 1 fully saturated rings. The minimum absolute atomic E-state index is 0.140. The predicted octanol–water partition coefficient (Wildman–Crippen LogP) is 0.519. The molecular weight excluding hydrogens is 216 g/mol. The van der Waals surface area contributed by atoms with Gasteiger partial charge in [-0.1, -0.05) is 0 Å². The van der Waals surface area contributed by atoms with E-state index in [1.165, 1.54) is 0 Å². The van der Waals surface area contributed by atoms with Crippen LogP contribution >= 0.6 is 0 Å². The molecule has 0 bridgehead atoms. The average molecular weight is 234 g/mol. The zero-order valence-electron chi connectivity index (χ0n) is 10.0. The third-order valence-electron chi connectivity index (χ3n) is 3.16. The Morgan fingerprint density at radius 2 is 1.76 bits per heavy atom. The summed E-state index contributed by atoms with van der Waals surface area (Å²) in [5.74, 6) is 0.140. The number of anilines is 3. The van der Waals surface area contributed by atoms with E-state index < -0.39 is 0 Å². The molecule has 0 aliphatic carbocycles. The molecule has 0 aromatic heterocycles. The molecule has 1 aliphatic heterocycles. The van der Waals surface area contributed by atoms with Crippen LogP contribution in [0.25, 0.3) is 0 Å². The molecule has 0 unspecified atom stereocenters. The van der Waals surface area contributed by atoms with E-state index in [9.17, 15) is 4.79 Å². The SMILES string of the molecule is CC(=O)N1CCN(c2ccc(N)c(N)c2)CC1. The van der Waals surface area contributed by atoms with Gasteiger partial charge >= 0.3 is 0 Å². The lowest BCUT2D eigenvalue weighted by atomic mass is 10.2. The first-order valence-corrected chi connectivity index (χ1v) is 5.73. The Hall–Kier alpha value is -1.91. The Morgan fingerprint density at radius 3 is 2.29 bits per heavy atom. The van der Waals surface area contributed by atoms with Crippen molar-refractivity contribution < 1.29 is 4.79 Å². The molecule has 1 aliphatic rings. The van der Waals surface area contributed by atoms with Gasteiger partial charge in [-0.15, -0.1) is 0 Å². The van der Waals surface area contributed by atoms with Gasteiger partial charge in [0.1, 0.15) is 0 Å². The molecule has 0 spiro atoms. The summed E-state index contributed by atoms with van der Waals surface area (Å²) in [6.07, 6.45) is 0. The second-order valence-corrected chi connectivity index (χ2v) is 4.31. The van der Waals surface area contributed by atoms with Gasteiger partial charge in [-0.25, -0.2) is 0 Å². The molecule has 0 saturated carbocycles. The number of carbonyl (C=O) groups excluding carboxylic acids is 1. The molecule has 1 aromatic rings. The summed E-state index contributed by atoms with van der Waals surface area (Å²) >= 11 is 0. The van der Waals surface area contributed by atoms with Crippen LogP contribution in [0.2, 0.25) is 0 Å². The lowest BCUT2D eigenvalue weighted by molar-refractivity contribution is -0.129. The molecule has 2 rings (SSSR count). The summed E-state index contributed by atoms with van der Waals surface area (Å²) in [7, 11) is 0. The first kappa shape index (κ1) is 11.6. The molecule has 5 heteroatoms. The molecule has 17 heavy (non-hydrogen) atoms. The maximum Gasteiger partial charge on any atom is 0.219 e. The second kappa shape index (κ2) is 4.53. The molecular formula is C12H18N4O. The Labute approximate surface area is 101 Å². The highest BCUT2D eigenvalue weighted by atomic mass is 16.2. The molecule has 1 saturated heterocycles. The molecule has 5 nitrogen and oxygen atoms in total. The molecule has 0 atom stereocenters. The van der Waals surface area contributed by atoms with Gasteiger partial charge in [0.25, 0.3) is 0 Å². The van der Waals surface area contributed by atoms with Crippen LogP contribution < -0.4 is 16.4 Å². The van der Waals surface area contributed by atoms with Crippen molar-refractivity contribution in [3.63, 3.8) is 0 Å². The monoisotopic (exact) mass is 234 g/mol. The maximum atomic E-state index is 11.2. The zero-order chi connectivity index (χ0) is 12.4. The van der Waals surface area contributed by atoms with Gasteiger partial charge in [-0.2, -0.15) is 0 Å². The fourth-order valence-electron chi connectivity index (χ4n) is 2.04. The first-order valence-electron chi connectivity index (χ1n) is 5.73. The minimum Gasteiger partial charge on any atom is -0.397 e. The lowest BCUT2D eigenvalue weighted by Crippen LogP contribution is -2.48. The van der Waals surface area contributed by atoms with Crippen molar-refractivity contribution >= 4 is 23.0 Å². The summed E-state index contributed by atoms with van der Waals surface area (Å²) < 4.78 is 0. The van der Waals surface area contributed by atoms with Crippen LogP contribution in [0.5, 0.6) is 0 Å². The number of benzene rings is 1. The highest BCUT2D eigenvalue weighted by Gasteiger charge is 2.18. The van der Waals surface area contributed by atoms with Gasteiger partial charge in [-0.05, 0) is 18.2 Å². The normalized spacial score (nSPS) is 16.1. The number of hydrogen-bond donors (Lipinski definition) is 2. The zero-order valence-corrected chi connectivity index (χ0v) is 10.0. The molecule has 1 aromatic carbocycles. The van der Waals surface area contributed by atoms with Crippen LogP contribution in [0.15, 0.2) is 18.2 Å². The summed E-state index contributed by atoms with van der Waals surface area (Å²) in [5, 5.41) is 0. The Morgan fingerprint density at radius 1 is 1.12 bits per heavy atom. The fourth-order valence-corrected chi connectivity index (χ4v) is 2.04. The van der Waals surface area contributed by atoms with Crippen molar-refractivity contribution in [2.24, 2.45) is 0 Å². The second-order valence-electron chi connectivity index (χ2n) is 4.31. The van der Waals surface area contributed by atoms with Gasteiger partial charge < -0.3 is 21.3 Å². The topological polar surface area (TPSA) is 75.6 Å². The summed E-state index contributed by atoms with van der Waals surface area (Å²) in [5.41, 5.74) is 13.8. The fraction of sp³-hybridized carbons (Fsp3) is 0.417. The summed E-state index contributed by atoms with van der Waals surface area (Å²) in [6, 6.07) is 5.68. The van der Waals surface area contributed by atoms with Crippen molar-refractivity contribution in [3.05, 3.63) is 18.2 Å². The Bertz CT molecular complexity index is 425. The van der Waals surface area contributed by atoms with Crippen molar-refractivity contribution in [3.8, 4) is 0 Å². The van der Waals surface area contributed by atoms with E-state index in [0.29, 0.717) is 11.4 Å². The van der Waals surface area contributed by atoms with Crippen molar-refractivity contribution in [2.45, 2.75) is 6.92 Å².